The average Bonchev–Trinajstić information content (AvgIpc) is 3.36. The van der Waals surface area contributed by atoms with Gasteiger partial charge in [0.2, 0.25) is 0 Å². The molecular weight excluding hydrogens is 338 g/mol. The fraction of sp³-hybridized carbons (Fsp3) is 0.238. The second-order valence-corrected chi connectivity index (χ2v) is 6.93. The molecule has 1 aliphatic heterocycles. The summed E-state index contributed by atoms with van der Waals surface area (Å²) in [7, 11) is 0. The Bertz CT molecular complexity index is 1010. The van der Waals surface area contributed by atoms with E-state index in [2.05, 4.69) is 31.9 Å². The number of hydrogen-bond acceptors (Lipinski definition) is 5. The normalized spacial score (nSPS) is 15.3. The van der Waals surface area contributed by atoms with Gasteiger partial charge in [-0.2, -0.15) is 5.10 Å². The summed E-state index contributed by atoms with van der Waals surface area (Å²) in [6.07, 6.45) is 6.06. The van der Waals surface area contributed by atoms with Crippen molar-refractivity contribution in [2.75, 3.05) is 18.4 Å². The molecule has 0 aliphatic carbocycles. The Balaban J connectivity index is 1.37. The van der Waals surface area contributed by atoms with Gasteiger partial charge in [0.25, 0.3) is 0 Å². The summed E-state index contributed by atoms with van der Waals surface area (Å²) in [6.45, 7) is 2.11. The lowest BCUT2D eigenvalue weighted by molar-refractivity contribution is 0.453. The van der Waals surface area contributed by atoms with Crippen LogP contribution in [0.2, 0.25) is 0 Å². The molecule has 3 aromatic heterocycles. The van der Waals surface area contributed by atoms with Gasteiger partial charge in [0, 0.05) is 40.4 Å². The predicted molar refractivity (Wildman–Crippen MR) is 106 cm³/mol. The van der Waals surface area contributed by atoms with E-state index in [-0.39, 0.29) is 0 Å². The Morgan fingerprint density at radius 3 is 2.74 bits per heavy atom. The first-order valence-electron chi connectivity index (χ1n) is 9.33. The number of anilines is 2. The molecule has 0 atom stereocenters. The fourth-order valence-electron chi connectivity index (χ4n) is 3.74. The van der Waals surface area contributed by atoms with Gasteiger partial charge in [0.1, 0.15) is 11.4 Å². The number of furan rings is 1. The van der Waals surface area contributed by atoms with Crippen molar-refractivity contribution < 1.29 is 4.42 Å². The maximum absolute atomic E-state index is 5.80. The first kappa shape index (κ1) is 16.1. The fourth-order valence-corrected chi connectivity index (χ4v) is 3.74. The molecule has 5 rings (SSSR count). The number of aromatic nitrogens is 3. The quantitative estimate of drug-likeness (QED) is 0.502. The van der Waals surface area contributed by atoms with E-state index in [9.17, 15) is 0 Å². The molecule has 0 saturated carbocycles. The Labute approximate surface area is 157 Å². The van der Waals surface area contributed by atoms with E-state index >= 15 is 0 Å². The number of nitrogens with zero attached hydrogens (tertiary/aromatic N) is 2. The van der Waals surface area contributed by atoms with Crippen LogP contribution in [0.15, 0.2) is 59.3 Å². The van der Waals surface area contributed by atoms with Crippen molar-refractivity contribution in [3.8, 4) is 11.1 Å². The number of pyridine rings is 1. The van der Waals surface area contributed by atoms with E-state index < -0.39 is 0 Å². The lowest BCUT2D eigenvalue weighted by Crippen LogP contribution is -2.27. The van der Waals surface area contributed by atoms with Crippen molar-refractivity contribution in [2.45, 2.75) is 18.8 Å². The van der Waals surface area contributed by atoms with E-state index in [0.29, 0.717) is 11.8 Å². The van der Waals surface area contributed by atoms with Crippen LogP contribution >= 0.6 is 0 Å². The Kier molecular flexibility index (Phi) is 4.10. The van der Waals surface area contributed by atoms with Gasteiger partial charge in [-0.05, 0) is 44.1 Å². The van der Waals surface area contributed by atoms with Crippen LogP contribution in [-0.4, -0.2) is 28.3 Å². The van der Waals surface area contributed by atoms with Crippen molar-refractivity contribution in [3.63, 3.8) is 0 Å². The van der Waals surface area contributed by atoms with Crippen LogP contribution in [-0.2, 0) is 0 Å². The number of fused-ring (bicyclic) bond motifs is 1. The van der Waals surface area contributed by atoms with Gasteiger partial charge in [0.15, 0.2) is 5.88 Å². The average molecular weight is 359 g/mol. The van der Waals surface area contributed by atoms with Crippen molar-refractivity contribution >= 4 is 22.7 Å². The molecule has 1 aromatic carbocycles. The lowest BCUT2D eigenvalue weighted by Gasteiger charge is -2.22. The molecule has 3 N–H and O–H groups in total. The molecule has 4 aromatic rings. The van der Waals surface area contributed by atoms with Crippen LogP contribution < -0.4 is 10.6 Å². The second kappa shape index (κ2) is 6.89. The third-order valence-corrected chi connectivity index (χ3v) is 5.17. The number of rotatable bonds is 4. The maximum atomic E-state index is 5.80. The van der Waals surface area contributed by atoms with Gasteiger partial charge in [-0.15, -0.1) is 0 Å². The molecular formula is C21H21N5O. The highest BCUT2D eigenvalue weighted by Crippen LogP contribution is 2.32. The van der Waals surface area contributed by atoms with Crippen LogP contribution in [0.5, 0.6) is 0 Å². The molecule has 6 heteroatoms. The second-order valence-electron chi connectivity index (χ2n) is 6.93. The van der Waals surface area contributed by atoms with Gasteiger partial charge in [-0.25, -0.2) is 4.98 Å². The summed E-state index contributed by atoms with van der Waals surface area (Å²) in [6, 6.07) is 14.0. The molecule has 4 heterocycles. The molecule has 6 nitrogen and oxygen atoms in total. The highest BCUT2D eigenvalue weighted by Gasteiger charge is 2.20. The van der Waals surface area contributed by atoms with Gasteiger partial charge in [-0.3, -0.25) is 5.10 Å². The van der Waals surface area contributed by atoms with Crippen LogP contribution in [0.3, 0.4) is 0 Å². The zero-order valence-electron chi connectivity index (χ0n) is 14.9. The smallest absolute Gasteiger partial charge is 0.199 e. The highest BCUT2D eigenvalue weighted by molar-refractivity contribution is 5.81. The zero-order chi connectivity index (χ0) is 18.1. The Morgan fingerprint density at radius 2 is 1.93 bits per heavy atom. The molecule has 0 spiro atoms. The minimum Gasteiger partial charge on any atom is -0.440 e. The minimum atomic E-state index is 0.525. The van der Waals surface area contributed by atoms with E-state index in [1.807, 2.05) is 48.8 Å². The molecule has 27 heavy (non-hydrogen) atoms. The number of aromatic amines is 1. The minimum absolute atomic E-state index is 0.525. The number of piperidine rings is 1. The maximum Gasteiger partial charge on any atom is 0.199 e. The third-order valence-electron chi connectivity index (χ3n) is 5.17. The van der Waals surface area contributed by atoms with E-state index in [0.717, 1.165) is 53.8 Å². The van der Waals surface area contributed by atoms with Crippen LogP contribution in [0.4, 0.5) is 11.7 Å². The molecule has 136 valence electrons. The monoisotopic (exact) mass is 359 g/mol. The molecule has 1 saturated heterocycles. The number of H-pyrrole nitrogens is 1. The first-order chi connectivity index (χ1) is 13.4. The molecule has 1 aliphatic rings. The third kappa shape index (κ3) is 3.19. The number of nitrogens with one attached hydrogen (secondary N) is 3. The summed E-state index contributed by atoms with van der Waals surface area (Å²) in [4.78, 5) is 4.56. The Morgan fingerprint density at radius 1 is 1.04 bits per heavy atom. The van der Waals surface area contributed by atoms with Gasteiger partial charge < -0.3 is 15.1 Å². The number of para-hydroxylation sites is 1. The van der Waals surface area contributed by atoms with E-state index in [4.69, 9.17) is 4.42 Å². The Hall–Kier alpha value is -3.12. The standard InChI is InChI=1S/C21H21N5O/c1-2-4-18-15(3-1)11-20(27-18)25-19-6-5-16(12-23-19)17-13-24-26-21(17)14-7-9-22-10-8-14/h1-6,11-14,22H,7-10H2,(H,23,25)(H,24,26). The predicted octanol–water partition coefficient (Wildman–Crippen LogP) is 4.43. The van der Waals surface area contributed by atoms with Crippen LogP contribution in [0.1, 0.15) is 24.5 Å². The van der Waals surface area contributed by atoms with Crippen molar-refractivity contribution in [1.82, 2.24) is 20.5 Å². The largest absolute Gasteiger partial charge is 0.440 e. The van der Waals surface area contributed by atoms with Gasteiger partial charge in [-0.1, -0.05) is 18.2 Å². The SMILES string of the molecule is c1ccc2oc(Nc3ccc(-c4cn[nH]c4C4CCNCC4)cn3)cc2c1. The summed E-state index contributed by atoms with van der Waals surface area (Å²) < 4.78 is 5.80. The molecule has 0 bridgehead atoms. The number of hydrogen-bond donors (Lipinski definition) is 3. The lowest BCUT2D eigenvalue weighted by atomic mass is 9.91. The van der Waals surface area contributed by atoms with Crippen LogP contribution in [0.25, 0.3) is 22.1 Å². The van der Waals surface area contributed by atoms with Crippen molar-refractivity contribution in [2.24, 2.45) is 0 Å². The number of benzene rings is 1. The van der Waals surface area contributed by atoms with Crippen molar-refractivity contribution in [3.05, 3.63) is 60.6 Å². The zero-order valence-corrected chi connectivity index (χ0v) is 14.9. The summed E-state index contributed by atoms with van der Waals surface area (Å²) in [5, 5.41) is 15.2. The highest BCUT2D eigenvalue weighted by atomic mass is 16.3. The van der Waals surface area contributed by atoms with Crippen molar-refractivity contribution in [1.29, 1.82) is 0 Å². The van der Waals surface area contributed by atoms with Gasteiger partial charge in [0.05, 0.1) is 6.20 Å². The summed E-state index contributed by atoms with van der Waals surface area (Å²) in [5.41, 5.74) is 4.30. The first-order valence-corrected chi connectivity index (χ1v) is 9.33. The van der Waals surface area contributed by atoms with E-state index in [1.54, 1.807) is 0 Å². The molecule has 1 fully saturated rings. The molecule has 0 unspecified atom stereocenters. The topological polar surface area (TPSA) is 78.8 Å². The van der Waals surface area contributed by atoms with E-state index in [1.165, 1.54) is 5.69 Å². The summed E-state index contributed by atoms with van der Waals surface area (Å²) >= 11 is 0. The molecule has 0 radical (unpaired) electrons. The van der Waals surface area contributed by atoms with Crippen LogP contribution in [0, 0.1) is 0 Å². The summed E-state index contributed by atoms with van der Waals surface area (Å²) in [5.74, 6) is 1.97. The van der Waals surface area contributed by atoms with Gasteiger partial charge >= 0.3 is 0 Å². The molecule has 0 amide bonds.